The molecule has 1 amide bonds. The normalized spacial score (nSPS) is 24.5. The molecule has 3 fully saturated rings. The van der Waals surface area contributed by atoms with Crippen LogP contribution in [-0.4, -0.2) is 67.5 Å². The van der Waals surface area contributed by atoms with Crippen molar-refractivity contribution in [3.05, 3.63) is 22.4 Å². The summed E-state index contributed by atoms with van der Waals surface area (Å²) in [6.07, 6.45) is 9.39. The highest BCUT2D eigenvalue weighted by molar-refractivity contribution is 7.09. The van der Waals surface area contributed by atoms with Gasteiger partial charge >= 0.3 is 0 Å². The van der Waals surface area contributed by atoms with E-state index in [9.17, 15) is 4.79 Å². The van der Waals surface area contributed by atoms with Crippen LogP contribution in [0.3, 0.4) is 0 Å². The number of piperidine rings is 1. The summed E-state index contributed by atoms with van der Waals surface area (Å²) >= 11 is 1.86. The zero-order chi connectivity index (χ0) is 21.5. The molecule has 2 saturated heterocycles. The molecule has 31 heavy (non-hydrogen) atoms. The molecule has 1 aromatic heterocycles. The van der Waals surface area contributed by atoms with E-state index < -0.39 is 0 Å². The average molecular weight is 446 g/mol. The highest BCUT2D eigenvalue weighted by atomic mass is 32.1. The van der Waals surface area contributed by atoms with Crippen molar-refractivity contribution in [2.75, 3.05) is 39.8 Å². The molecule has 1 saturated carbocycles. The monoisotopic (exact) mass is 445 g/mol. The third-order valence-electron chi connectivity index (χ3n) is 7.24. The van der Waals surface area contributed by atoms with Crippen LogP contribution in [0.15, 0.2) is 22.5 Å². The van der Waals surface area contributed by atoms with Crippen LogP contribution in [0.25, 0.3) is 0 Å². The minimum atomic E-state index is 0.274. The first-order valence-corrected chi connectivity index (χ1v) is 13.1. The maximum atomic E-state index is 12.8. The molecule has 3 aliphatic rings. The fraction of sp³-hybridized carbons (Fsp3) is 0.750. The molecule has 6 nitrogen and oxygen atoms in total. The number of hydrogen-bond donors (Lipinski definition) is 2. The number of aliphatic imine (C=N–C) groups is 1. The number of hydrogen-bond acceptors (Lipinski definition) is 4. The molecule has 3 heterocycles. The number of guanidine groups is 1. The predicted octanol–water partition coefficient (Wildman–Crippen LogP) is 3.31. The Balaban J connectivity index is 1.15. The topological polar surface area (TPSA) is 60.0 Å². The molecule has 7 heteroatoms. The number of amides is 1. The maximum absolute atomic E-state index is 12.8. The van der Waals surface area contributed by atoms with E-state index in [0.717, 1.165) is 51.4 Å². The Hall–Kier alpha value is -1.60. The van der Waals surface area contributed by atoms with Gasteiger partial charge in [0.1, 0.15) is 0 Å². The van der Waals surface area contributed by atoms with Gasteiger partial charge in [-0.25, -0.2) is 0 Å². The number of carbonyl (C=O) groups is 1. The number of rotatable bonds is 6. The highest BCUT2D eigenvalue weighted by Gasteiger charge is 2.32. The molecule has 1 unspecified atom stereocenters. The van der Waals surface area contributed by atoms with Gasteiger partial charge in [0.05, 0.1) is 0 Å². The molecule has 0 bridgehead atoms. The van der Waals surface area contributed by atoms with E-state index in [2.05, 4.69) is 42.9 Å². The van der Waals surface area contributed by atoms with Crippen molar-refractivity contribution in [2.45, 2.75) is 64.0 Å². The fourth-order valence-electron chi connectivity index (χ4n) is 5.29. The largest absolute Gasteiger partial charge is 0.356 e. The minimum absolute atomic E-state index is 0.274. The van der Waals surface area contributed by atoms with E-state index >= 15 is 0 Å². The molecule has 0 radical (unpaired) electrons. The van der Waals surface area contributed by atoms with Gasteiger partial charge in [0.25, 0.3) is 0 Å². The van der Waals surface area contributed by atoms with Gasteiger partial charge in [0.15, 0.2) is 5.96 Å². The van der Waals surface area contributed by atoms with Crippen LogP contribution in [0.4, 0.5) is 0 Å². The second-order valence-corrected chi connectivity index (χ2v) is 10.5. The van der Waals surface area contributed by atoms with E-state index in [1.54, 1.807) is 0 Å². The van der Waals surface area contributed by atoms with Crippen LogP contribution in [0.1, 0.15) is 56.2 Å². The average Bonchev–Trinajstić information content (AvgIpc) is 3.50. The van der Waals surface area contributed by atoms with Gasteiger partial charge in [-0.05, 0) is 62.6 Å². The molecular weight excluding hydrogens is 406 g/mol. The Morgan fingerprint density at radius 2 is 1.94 bits per heavy atom. The van der Waals surface area contributed by atoms with Crippen molar-refractivity contribution in [1.29, 1.82) is 0 Å². The number of thiophene rings is 1. The van der Waals surface area contributed by atoms with E-state index in [1.807, 2.05) is 18.4 Å². The number of nitrogens with one attached hydrogen (secondary N) is 2. The first-order chi connectivity index (χ1) is 15.2. The lowest BCUT2D eigenvalue weighted by Gasteiger charge is -2.32. The van der Waals surface area contributed by atoms with Crippen LogP contribution >= 0.6 is 11.3 Å². The summed E-state index contributed by atoms with van der Waals surface area (Å²) in [5, 5.41) is 9.29. The van der Waals surface area contributed by atoms with Crippen LogP contribution in [0.5, 0.6) is 0 Å². The Bertz CT molecular complexity index is 708. The Kier molecular flexibility index (Phi) is 8.25. The van der Waals surface area contributed by atoms with Crippen LogP contribution in [-0.2, 0) is 11.3 Å². The molecule has 1 aliphatic carbocycles. The highest BCUT2D eigenvalue weighted by Crippen LogP contribution is 2.27. The van der Waals surface area contributed by atoms with Gasteiger partial charge in [-0.1, -0.05) is 25.3 Å². The first kappa shape index (κ1) is 22.6. The van der Waals surface area contributed by atoms with E-state index in [1.165, 1.54) is 50.1 Å². The van der Waals surface area contributed by atoms with Gasteiger partial charge in [-0.3, -0.25) is 14.7 Å². The van der Waals surface area contributed by atoms with Crippen molar-refractivity contribution in [3.63, 3.8) is 0 Å². The van der Waals surface area contributed by atoms with Gasteiger partial charge < -0.3 is 15.5 Å². The Labute approximate surface area is 191 Å². The summed E-state index contributed by atoms with van der Waals surface area (Å²) in [6.45, 7) is 6.13. The van der Waals surface area contributed by atoms with Gasteiger partial charge in [0, 0.05) is 50.1 Å². The van der Waals surface area contributed by atoms with Crippen LogP contribution in [0, 0.1) is 11.8 Å². The van der Waals surface area contributed by atoms with E-state index in [-0.39, 0.29) is 5.92 Å². The number of nitrogens with zero attached hydrogens (tertiary/aromatic N) is 3. The standard InChI is InChI=1S/C24H39N5OS/c1-25-24(26-16-19-9-12-28(13-10-19)18-22-8-5-15-31-22)27-21-11-14-29(17-21)23(30)20-6-3-2-4-7-20/h5,8,15,19-21H,2-4,6-7,9-14,16-18H2,1H3,(H2,25,26,27). The lowest BCUT2D eigenvalue weighted by Crippen LogP contribution is -2.47. The van der Waals surface area contributed by atoms with E-state index in [0.29, 0.717) is 17.9 Å². The lowest BCUT2D eigenvalue weighted by atomic mass is 9.88. The molecule has 1 aromatic rings. The summed E-state index contributed by atoms with van der Waals surface area (Å²) in [7, 11) is 1.85. The molecule has 2 aliphatic heterocycles. The van der Waals surface area contributed by atoms with Crippen molar-refractivity contribution in [2.24, 2.45) is 16.8 Å². The van der Waals surface area contributed by atoms with Crippen LogP contribution in [0.2, 0.25) is 0 Å². The van der Waals surface area contributed by atoms with Gasteiger partial charge in [-0.2, -0.15) is 0 Å². The SMILES string of the molecule is CN=C(NCC1CCN(Cc2cccs2)CC1)NC1CCN(C(=O)C2CCCCC2)C1. The van der Waals surface area contributed by atoms with Gasteiger partial charge in [-0.15, -0.1) is 11.3 Å². The Morgan fingerprint density at radius 1 is 1.13 bits per heavy atom. The smallest absolute Gasteiger partial charge is 0.225 e. The molecule has 1 atom stereocenters. The second kappa shape index (κ2) is 11.3. The van der Waals surface area contributed by atoms with Crippen LogP contribution < -0.4 is 10.6 Å². The third-order valence-corrected chi connectivity index (χ3v) is 8.10. The molecular formula is C24H39N5OS. The van der Waals surface area contributed by atoms with E-state index in [4.69, 9.17) is 0 Å². The number of likely N-dealkylation sites (tertiary alicyclic amines) is 2. The minimum Gasteiger partial charge on any atom is -0.356 e. The summed E-state index contributed by atoms with van der Waals surface area (Å²) in [5.74, 6) is 2.25. The number of carbonyl (C=O) groups excluding carboxylic acids is 1. The third kappa shape index (κ3) is 6.45. The second-order valence-electron chi connectivity index (χ2n) is 9.50. The zero-order valence-corrected chi connectivity index (χ0v) is 19.8. The fourth-order valence-corrected chi connectivity index (χ4v) is 6.03. The summed E-state index contributed by atoms with van der Waals surface area (Å²) in [4.78, 5) is 23.4. The summed E-state index contributed by atoms with van der Waals surface area (Å²) in [5.41, 5.74) is 0. The molecule has 172 valence electrons. The molecule has 0 aromatic carbocycles. The van der Waals surface area contributed by atoms with Crippen molar-refractivity contribution < 1.29 is 4.79 Å². The zero-order valence-electron chi connectivity index (χ0n) is 19.0. The van der Waals surface area contributed by atoms with Crippen molar-refractivity contribution in [3.8, 4) is 0 Å². The predicted molar refractivity (Wildman–Crippen MR) is 128 cm³/mol. The maximum Gasteiger partial charge on any atom is 0.225 e. The molecule has 0 spiro atoms. The lowest BCUT2D eigenvalue weighted by molar-refractivity contribution is -0.135. The van der Waals surface area contributed by atoms with Crippen molar-refractivity contribution >= 4 is 23.2 Å². The molecule has 2 N–H and O–H groups in total. The first-order valence-electron chi connectivity index (χ1n) is 12.2. The molecule has 4 rings (SSSR count). The van der Waals surface area contributed by atoms with Crippen molar-refractivity contribution in [1.82, 2.24) is 20.4 Å². The summed E-state index contributed by atoms with van der Waals surface area (Å²) < 4.78 is 0. The van der Waals surface area contributed by atoms with Gasteiger partial charge in [0.2, 0.25) is 5.91 Å². The summed E-state index contributed by atoms with van der Waals surface area (Å²) in [6, 6.07) is 4.69. The quantitative estimate of drug-likeness (QED) is 0.521. The Morgan fingerprint density at radius 3 is 2.65 bits per heavy atom.